The van der Waals surface area contributed by atoms with Crippen molar-refractivity contribution in [3.63, 3.8) is 0 Å². The first-order chi connectivity index (χ1) is 13.4. The maximum Gasteiger partial charge on any atom is 0.271 e. The van der Waals surface area contributed by atoms with Crippen LogP contribution in [0.15, 0.2) is 41.1 Å². The van der Waals surface area contributed by atoms with Crippen molar-refractivity contribution < 1.29 is 14.2 Å². The second-order valence-corrected chi connectivity index (χ2v) is 6.48. The molecule has 1 aromatic carbocycles. The number of nitro benzene ring substituents is 1. The van der Waals surface area contributed by atoms with Gasteiger partial charge in [0.2, 0.25) is 5.89 Å². The molecular formula is C18H20N6O4. The van der Waals surface area contributed by atoms with Crippen LogP contribution >= 0.6 is 0 Å². The predicted octanol–water partition coefficient (Wildman–Crippen LogP) is 2.65. The van der Waals surface area contributed by atoms with E-state index in [9.17, 15) is 14.9 Å². The zero-order valence-corrected chi connectivity index (χ0v) is 15.5. The number of non-ortho nitro benzene ring substituents is 1. The van der Waals surface area contributed by atoms with Gasteiger partial charge in [-0.3, -0.25) is 14.9 Å². The molecular weight excluding hydrogens is 364 g/mol. The number of benzene rings is 1. The fraction of sp³-hybridized carbons (Fsp3) is 0.333. The molecule has 0 unspecified atom stereocenters. The van der Waals surface area contributed by atoms with Crippen LogP contribution in [0.25, 0.3) is 5.69 Å². The Morgan fingerprint density at radius 3 is 2.68 bits per heavy atom. The highest BCUT2D eigenvalue weighted by Gasteiger charge is 2.12. The molecule has 0 bridgehead atoms. The number of nitrogens with zero attached hydrogens (tertiary/aromatic N) is 5. The lowest BCUT2D eigenvalue weighted by Gasteiger charge is -2.02. The van der Waals surface area contributed by atoms with Crippen LogP contribution in [0, 0.1) is 10.1 Å². The van der Waals surface area contributed by atoms with Crippen LogP contribution in [0.3, 0.4) is 0 Å². The summed E-state index contributed by atoms with van der Waals surface area (Å²) in [4.78, 5) is 26.7. The molecule has 2 heterocycles. The zero-order valence-electron chi connectivity index (χ0n) is 15.5. The number of hydrogen-bond acceptors (Lipinski definition) is 7. The quantitative estimate of drug-likeness (QED) is 0.359. The summed E-state index contributed by atoms with van der Waals surface area (Å²) in [5.41, 5.74) is 0.885. The lowest BCUT2D eigenvalue weighted by molar-refractivity contribution is -0.384. The van der Waals surface area contributed by atoms with Gasteiger partial charge < -0.3 is 9.84 Å². The van der Waals surface area contributed by atoms with Gasteiger partial charge in [0, 0.05) is 37.2 Å². The molecule has 0 aliphatic rings. The normalized spacial score (nSPS) is 11.0. The minimum absolute atomic E-state index is 0.00404. The number of aromatic nitrogens is 4. The highest BCUT2D eigenvalue weighted by molar-refractivity contribution is 5.92. The van der Waals surface area contributed by atoms with Crippen molar-refractivity contribution in [2.45, 2.75) is 32.6 Å². The number of carbonyl (C=O) groups excluding carboxylic acids is 1. The molecule has 0 fully saturated rings. The van der Waals surface area contributed by atoms with Crippen LogP contribution < -0.4 is 5.32 Å². The standard InChI is InChI=1S/C18H20N6O4/c1-12(2)17-20-16(28-22-17)4-3-10-19-18(25)15-9-11-23(21-15)13-5-7-14(8-6-13)24(26)27/h5-9,11-12H,3-4,10H2,1-2H3,(H,19,25). The predicted molar refractivity (Wildman–Crippen MR) is 99.3 cm³/mol. The average Bonchev–Trinajstić information content (AvgIpc) is 3.35. The average molecular weight is 384 g/mol. The van der Waals surface area contributed by atoms with Crippen molar-refractivity contribution in [2.75, 3.05) is 6.54 Å². The van der Waals surface area contributed by atoms with Crippen LogP contribution in [-0.2, 0) is 6.42 Å². The molecule has 1 N–H and O–H groups in total. The summed E-state index contributed by atoms with van der Waals surface area (Å²) < 4.78 is 6.65. The smallest absolute Gasteiger partial charge is 0.271 e. The number of nitrogens with one attached hydrogen (secondary N) is 1. The van der Waals surface area contributed by atoms with E-state index in [-0.39, 0.29) is 23.2 Å². The largest absolute Gasteiger partial charge is 0.351 e. The minimum Gasteiger partial charge on any atom is -0.351 e. The maximum atomic E-state index is 12.2. The number of carbonyl (C=O) groups is 1. The van der Waals surface area contributed by atoms with Crippen molar-refractivity contribution >= 4 is 11.6 Å². The van der Waals surface area contributed by atoms with Gasteiger partial charge >= 0.3 is 0 Å². The summed E-state index contributed by atoms with van der Waals surface area (Å²) in [5.74, 6) is 1.15. The van der Waals surface area contributed by atoms with Gasteiger partial charge in [0.1, 0.15) is 0 Å². The molecule has 0 atom stereocenters. The molecule has 146 valence electrons. The second kappa shape index (κ2) is 8.42. The first kappa shape index (κ1) is 19.2. The van der Waals surface area contributed by atoms with E-state index in [1.165, 1.54) is 16.8 Å². The van der Waals surface area contributed by atoms with Gasteiger partial charge in [-0.1, -0.05) is 19.0 Å². The zero-order chi connectivity index (χ0) is 20.1. The van der Waals surface area contributed by atoms with Crippen LogP contribution in [0.4, 0.5) is 5.69 Å². The number of aryl methyl sites for hydroxylation is 1. The van der Waals surface area contributed by atoms with E-state index < -0.39 is 4.92 Å². The number of hydrogen-bond donors (Lipinski definition) is 1. The molecule has 3 aromatic rings. The van der Waals surface area contributed by atoms with Gasteiger partial charge in [-0.25, -0.2) is 4.68 Å². The monoisotopic (exact) mass is 384 g/mol. The SMILES string of the molecule is CC(C)c1noc(CCCNC(=O)c2ccn(-c3ccc([N+](=O)[O-])cc3)n2)n1. The molecule has 0 aliphatic heterocycles. The number of amides is 1. The molecule has 3 rings (SSSR count). The van der Waals surface area contributed by atoms with Crippen molar-refractivity contribution in [3.05, 3.63) is 64.1 Å². The molecule has 0 aliphatic carbocycles. The highest BCUT2D eigenvalue weighted by Crippen LogP contribution is 2.15. The molecule has 10 heteroatoms. The van der Waals surface area contributed by atoms with E-state index >= 15 is 0 Å². The first-order valence-corrected chi connectivity index (χ1v) is 8.85. The van der Waals surface area contributed by atoms with E-state index in [4.69, 9.17) is 4.52 Å². The van der Waals surface area contributed by atoms with E-state index in [0.29, 0.717) is 36.8 Å². The molecule has 0 radical (unpaired) electrons. The number of rotatable bonds is 8. The lowest BCUT2D eigenvalue weighted by Crippen LogP contribution is -2.25. The van der Waals surface area contributed by atoms with Crippen molar-refractivity contribution in [2.24, 2.45) is 0 Å². The molecule has 28 heavy (non-hydrogen) atoms. The third-order valence-electron chi connectivity index (χ3n) is 4.00. The maximum absolute atomic E-state index is 12.2. The topological polar surface area (TPSA) is 129 Å². The third-order valence-corrected chi connectivity index (χ3v) is 4.00. The Bertz CT molecular complexity index is 961. The lowest BCUT2D eigenvalue weighted by atomic mass is 10.2. The highest BCUT2D eigenvalue weighted by atomic mass is 16.6. The van der Waals surface area contributed by atoms with Gasteiger partial charge in [-0.15, -0.1) is 0 Å². The van der Waals surface area contributed by atoms with Gasteiger partial charge in [0.05, 0.1) is 10.6 Å². The van der Waals surface area contributed by atoms with Crippen molar-refractivity contribution in [3.8, 4) is 5.69 Å². The molecule has 1 amide bonds. The van der Waals surface area contributed by atoms with Gasteiger partial charge in [-0.2, -0.15) is 10.1 Å². The van der Waals surface area contributed by atoms with Gasteiger partial charge in [-0.05, 0) is 24.6 Å². The van der Waals surface area contributed by atoms with Crippen molar-refractivity contribution in [1.29, 1.82) is 0 Å². The summed E-state index contributed by atoms with van der Waals surface area (Å²) in [5, 5.41) is 21.6. The summed E-state index contributed by atoms with van der Waals surface area (Å²) in [7, 11) is 0. The fourth-order valence-electron chi connectivity index (χ4n) is 2.45. The van der Waals surface area contributed by atoms with E-state index in [2.05, 4.69) is 20.6 Å². The van der Waals surface area contributed by atoms with Gasteiger partial charge in [0.15, 0.2) is 11.5 Å². The molecule has 10 nitrogen and oxygen atoms in total. The van der Waals surface area contributed by atoms with E-state index in [1.807, 2.05) is 13.8 Å². The summed E-state index contributed by atoms with van der Waals surface area (Å²) >= 11 is 0. The molecule has 0 spiro atoms. The van der Waals surface area contributed by atoms with Crippen LogP contribution in [0.2, 0.25) is 0 Å². The summed E-state index contributed by atoms with van der Waals surface area (Å²) in [6, 6.07) is 7.51. The van der Waals surface area contributed by atoms with Crippen LogP contribution in [-0.4, -0.2) is 37.3 Å². The first-order valence-electron chi connectivity index (χ1n) is 8.85. The minimum atomic E-state index is -0.469. The third kappa shape index (κ3) is 4.58. The Morgan fingerprint density at radius 2 is 2.04 bits per heavy atom. The second-order valence-electron chi connectivity index (χ2n) is 6.48. The van der Waals surface area contributed by atoms with Crippen LogP contribution in [0.5, 0.6) is 0 Å². The Hall–Kier alpha value is -3.56. The summed E-state index contributed by atoms with van der Waals surface area (Å²) in [6.45, 7) is 4.43. The fourth-order valence-corrected chi connectivity index (χ4v) is 2.45. The van der Waals surface area contributed by atoms with E-state index in [0.717, 1.165) is 0 Å². The summed E-state index contributed by atoms with van der Waals surface area (Å²) in [6.07, 6.45) is 2.87. The molecule has 0 saturated carbocycles. The Morgan fingerprint density at radius 1 is 1.29 bits per heavy atom. The Balaban J connectivity index is 1.50. The molecule has 0 saturated heterocycles. The van der Waals surface area contributed by atoms with Gasteiger partial charge in [0.25, 0.3) is 11.6 Å². The van der Waals surface area contributed by atoms with Crippen LogP contribution in [0.1, 0.15) is 48.4 Å². The molecule has 2 aromatic heterocycles. The Labute approximate surface area is 160 Å². The number of nitro groups is 1. The van der Waals surface area contributed by atoms with E-state index in [1.54, 1.807) is 24.4 Å². The van der Waals surface area contributed by atoms with Crippen molar-refractivity contribution in [1.82, 2.24) is 25.2 Å². The Kier molecular flexibility index (Phi) is 5.78.